The van der Waals surface area contributed by atoms with Gasteiger partial charge in [-0.05, 0) is 26.0 Å². The fourth-order valence-corrected chi connectivity index (χ4v) is 2.21. The van der Waals surface area contributed by atoms with Crippen molar-refractivity contribution in [2.45, 2.75) is 13.8 Å². The number of amides is 1. The maximum atomic E-state index is 11.8. The first kappa shape index (κ1) is 15.8. The number of halogens is 1. The lowest BCUT2D eigenvalue weighted by molar-refractivity contribution is -0.111. The summed E-state index contributed by atoms with van der Waals surface area (Å²) in [5.41, 5.74) is 1.36. The first-order valence-corrected chi connectivity index (χ1v) is 7.07. The van der Waals surface area contributed by atoms with E-state index >= 15 is 0 Å². The molecule has 0 aliphatic rings. The van der Waals surface area contributed by atoms with Gasteiger partial charge in [0.2, 0.25) is 5.91 Å². The number of anilines is 1. The van der Waals surface area contributed by atoms with E-state index in [1.165, 1.54) is 12.3 Å². The van der Waals surface area contributed by atoms with Crippen LogP contribution in [0.2, 0.25) is 5.02 Å². The lowest BCUT2D eigenvalue weighted by atomic mass is 10.1. The molecular formula is C16H14ClN3O2. The average molecular weight is 316 g/mol. The van der Waals surface area contributed by atoms with E-state index in [-0.39, 0.29) is 11.5 Å². The van der Waals surface area contributed by atoms with Crippen LogP contribution in [0, 0.1) is 11.3 Å². The van der Waals surface area contributed by atoms with E-state index in [9.17, 15) is 4.79 Å². The molecule has 0 fully saturated rings. The monoisotopic (exact) mass is 315 g/mol. The van der Waals surface area contributed by atoms with Crippen LogP contribution in [0.1, 0.15) is 19.4 Å². The third kappa shape index (κ3) is 3.18. The number of nitriles is 1. The number of nitrogens with one attached hydrogen (secondary N) is 1. The van der Waals surface area contributed by atoms with Crippen molar-refractivity contribution in [1.29, 1.82) is 5.26 Å². The summed E-state index contributed by atoms with van der Waals surface area (Å²) >= 11 is 6.21. The summed E-state index contributed by atoms with van der Waals surface area (Å²) in [6.45, 7) is 4.05. The van der Waals surface area contributed by atoms with E-state index in [2.05, 4.69) is 10.3 Å². The van der Waals surface area contributed by atoms with Crippen molar-refractivity contribution in [2.24, 2.45) is 0 Å². The summed E-state index contributed by atoms with van der Waals surface area (Å²) in [4.78, 5) is 16.0. The standard InChI is InChI=1S/C16H14ClN3O2/c1-3-5-15(21)20-13-6-11-12(7-14(13)22-4-2)19-9-10(8-18)16(11)17/h3,5-7,9H,4H2,1-2H3,(H,20,21). The normalized spacial score (nSPS) is 10.6. The molecule has 5 nitrogen and oxygen atoms in total. The van der Waals surface area contributed by atoms with Crippen LogP contribution in [-0.4, -0.2) is 17.5 Å². The second-order valence-corrected chi connectivity index (χ2v) is 4.76. The zero-order chi connectivity index (χ0) is 16.1. The van der Waals surface area contributed by atoms with Crippen molar-refractivity contribution in [3.8, 4) is 11.8 Å². The molecule has 0 atom stereocenters. The first-order chi connectivity index (χ1) is 10.6. The van der Waals surface area contributed by atoms with Crippen LogP contribution in [0.15, 0.2) is 30.5 Å². The van der Waals surface area contributed by atoms with Crippen LogP contribution in [0.25, 0.3) is 10.9 Å². The van der Waals surface area contributed by atoms with Gasteiger partial charge in [0.15, 0.2) is 0 Å². The van der Waals surface area contributed by atoms with E-state index in [1.807, 2.05) is 13.0 Å². The number of carbonyl (C=O) groups is 1. The molecule has 0 aliphatic heterocycles. The Morgan fingerprint density at radius 3 is 2.95 bits per heavy atom. The van der Waals surface area contributed by atoms with Crippen molar-refractivity contribution in [1.82, 2.24) is 4.98 Å². The molecular weight excluding hydrogens is 302 g/mol. The molecule has 1 heterocycles. The molecule has 22 heavy (non-hydrogen) atoms. The number of hydrogen-bond donors (Lipinski definition) is 1. The fraction of sp³-hybridized carbons (Fsp3) is 0.188. The first-order valence-electron chi connectivity index (χ1n) is 6.69. The molecule has 0 radical (unpaired) electrons. The third-order valence-electron chi connectivity index (χ3n) is 2.90. The van der Waals surface area contributed by atoms with E-state index < -0.39 is 0 Å². The van der Waals surface area contributed by atoms with Crippen LogP contribution in [0.5, 0.6) is 5.75 Å². The van der Waals surface area contributed by atoms with E-state index in [1.54, 1.807) is 25.1 Å². The number of benzene rings is 1. The summed E-state index contributed by atoms with van der Waals surface area (Å²) in [5.74, 6) is 0.226. The SMILES string of the molecule is CC=CC(=O)Nc1cc2c(Cl)c(C#N)cnc2cc1OCC. The second kappa shape index (κ2) is 6.92. The highest BCUT2D eigenvalue weighted by molar-refractivity contribution is 6.36. The molecule has 0 spiro atoms. The van der Waals surface area contributed by atoms with Gasteiger partial charge in [0, 0.05) is 17.6 Å². The molecule has 2 aromatic rings. The lowest BCUT2D eigenvalue weighted by Gasteiger charge is -2.13. The van der Waals surface area contributed by atoms with Gasteiger partial charge in [-0.1, -0.05) is 17.7 Å². The van der Waals surface area contributed by atoms with E-state index in [4.69, 9.17) is 21.6 Å². The zero-order valence-corrected chi connectivity index (χ0v) is 12.9. The Morgan fingerprint density at radius 1 is 1.55 bits per heavy atom. The van der Waals surface area contributed by atoms with Crippen LogP contribution >= 0.6 is 11.6 Å². The highest BCUT2D eigenvalue weighted by atomic mass is 35.5. The fourth-order valence-electron chi connectivity index (χ4n) is 1.96. The number of allylic oxidation sites excluding steroid dienone is 1. The van der Waals surface area contributed by atoms with E-state index in [0.29, 0.717) is 34.0 Å². The third-order valence-corrected chi connectivity index (χ3v) is 3.31. The second-order valence-electron chi connectivity index (χ2n) is 4.39. The molecule has 0 saturated heterocycles. The number of fused-ring (bicyclic) bond motifs is 1. The highest BCUT2D eigenvalue weighted by Crippen LogP contribution is 2.34. The van der Waals surface area contributed by atoms with Gasteiger partial charge in [0.25, 0.3) is 0 Å². The number of pyridine rings is 1. The molecule has 1 amide bonds. The number of aromatic nitrogens is 1. The minimum atomic E-state index is -0.275. The molecule has 0 saturated carbocycles. The Labute approximate surface area is 133 Å². The van der Waals surface area contributed by atoms with Gasteiger partial charge in [-0.2, -0.15) is 5.26 Å². The molecule has 0 aliphatic carbocycles. The van der Waals surface area contributed by atoms with Gasteiger partial charge in [-0.25, -0.2) is 0 Å². The average Bonchev–Trinajstić information content (AvgIpc) is 2.49. The van der Waals surface area contributed by atoms with Gasteiger partial charge >= 0.3 is 0 Å². The highest BCUT2D eigenvalue weighted by Gasteiger charge is 2.13. The van der Waals surface area contributed by atoms with Crippen molar-refractivity contribution >= 4 is 34.1 Å². The lowest BCUT2D eigenvalue weighted by Crippen LogP contribution is -2.09. The molecule has 0 bridgehead atoms. The Balaban J connectivity index is 2.60. The van der Waals surface area contributed by atoms with Gasteiger partial charge in [0.1, 0.15) is 11.8 Å². The predicted molar refractivity (Wildman–Crippen MR) is 86.1 cm³/mol. The Hall–Kier alpha value is -2.58. The van der Waals surface area contributed by atoms with Crippen molar-refractivity contribution in [2.75, 3.05) is 11.9 Å². The minimum Gasteiger partial charge on any atom is -0.492 e. The van der Waals surface area contributed by atoms with Crippen molar-refractivity contribution < 1.29 is 9.53 Å². The maximum Gasteiger partial charge on any atom is 0.248 e. The summed E-state index contributed by atoms with van der Waals surface area (Å²) in [5, 5.41) is 12.6. The molecule has 0 unspecified atom stereocenters. The summed E-state index contributed by atoms with van der Waals surface area (Å²) in [6, 6.07) is 5.34. The molecule has 1 aromatic carbocycles. The Kier molecular flexibility index (Phi) is 4.97. The Bertz CT molecular complexity index is 794. The Morgan fingerprint density at radius 2 is 2.32 bits per heavy atom. The smallest absolute Gasteiger partial charge is 0.248 e. The largest absolute Gasteiger partial charge is 0.492 e. The van der Waals surface area contributed by atoms with Crippen molar-refractivity contribution in [3.05, 3.63) is 41.1 Å². The van der Waals surface area contributed by atoms with Gasteiger partial charge in [0.05, 0.1) is 28.4 Å². The predicted octanol–water partition coefficient (Wildman–Crippen LogP) is 3.67. The van der Waals surface area contributed by atoms with Crippen LogP contribution in [0.3, 0.4) is 0 Å². The molecule has 112 valence electrons. The van der Waals surface area contributed by atoms with Crippen molar-refractivity contribution in [3.63, 3.8) is 0 Å². The topological polar surface area (TPSA) is 75.0 Å². The summed E-state index contributed by atoms with van der Waals surface area (Å²) in [6.07, 6.45) is 4.46. The number of nitrogens with zero attached hydrogens (tertiary/aromatic N) is 2. The van der Waals surface area contributed by atoms with Gasteiger partial charge < -0.3 is 10.1 Å². The minimum absolute atomic E-state index is 0.275. The van der Waals surface area contributed by atoms with Crippen LogP contribution in [0.4, 0.5) is 5.69 Å². The number of ether oxygens (including phenoxy) is 1. The quantitative estimate of drug-likeness (QED) is 0.873. The number of carbonyl (C=O) groups excluding carboxylic acids is 1. The summed E-state index contributed by atoms with van der Waals surface area (Å²) < 4.78 is 5.53. The number of hydrogen-bond acceptors (Lipinski definition) is 4. The molecule has 1 N–H and O–H groups in total. The molecule has 1 aromatic heterocycles. The van der Waals surface area contributed by atoms with Crippen LogP contribution < -0.4 is 10.1 Å². The maximum absolute atomic E-state index is 11.8. The van der Waals surface area contributed by atoms with E-state index in [0.717, 1.165) is 0 Å². The van der Waals surface area contributed by atoms with Gasteiger partial charge in [-0.15, -0.1) is 0 Å². The van der Waals surface area contributed by atoms with Gasteiger partial charge in [-0.3, -0.25) is 9.78 Å². The van der Waals surface area contributed by atoms with Crippen LogP contribution in [-0.2, 0) is 4.79 Å². The molecule has 2 rings (SSSR count). The number of rotatable bonds is 4. The zero-order valence-electron chi connectivity index (χ0n) is 12.2. The molecule has 6 heteroatoms. The summed E-state index contributed by atoms with van der Waals surface area (Å²) in [7, 11) is 0.